The Hall–Kier alpha value is -3.51. The van der Waals surface area contributed by atoms with Crippen molar-refractivity contribution in [2.24, 2.45) is 0 Å². The maximum Gasteiger partial charge on any atom is 0.337 e. The van der Waals surface area contributed by atoms with Crippen LogP contribution in [0.3, 0.4) is 0 Å². The first-order valence-electron chi connectivity index (χ1n) is 11.2. The third kappa shape index (κ3) is 3.42. The van der Waals surface area contributed by atoms with Crippen molar-refractivity contribution < 1.29 is 9.53 Å². The van der Waals surface area contributed by atoms with E-state index in [0.29, 0.717) is 17.3 Å². The van der Waals surface area contributed by atoms with Gasteiger partial charge in [0.2, 0.25) is 0 Å². The van der Waals surface area contributed by atoms with Gasteiger partial charge in [0.25, 0.3) is 0 Å². The zero-order valence-electron chi connectivity index (χ0n) is 18.3. The molecule has 6 rings (SSSR count). The van der Waals surface area contributed by atoms with Crippen LogP contribution in [0.4, 0.5) is 5.82 Å². The van der Waals surface area contributed by atoms with Crippen molar-refractivity contribution in [2.75, 3.05) is 19.0 Å². The first-order valence-corrected chi connectivity index (χ1v) is 12.1. The van der Waals surface area contributed by atoms with Crippen molar-refractivity contribution in [3.05, 3.63) is 82.2 Å². The van der Waals surface area contributed by atoms with Crippen LogP contribution in [0.5, 0.6) is 0 Å². The van der Waals surface area contributed by atoms with Gasteiger partial charge < -0.3 is 10.1 Å². The highest BCUT2D eigenvalue weighted by Crippen LogP contribution is 2.59. The molecule has 0 bridgehead atoms. The van der Waals surface area contributed by atoms with Gasteiger partial charge in [0.05, 0.1) is 18.1 Å². The van der Waals surface area contributed by atoms with Crippen LogP contribution in [0.2, 0.25) is 0 Å². The predicted octanol–water partition coefficient (Wildman–Crippen LogP) is 6.07. The van der Waals surface area contributed by atoms with Gasteiger partial charge in [-0.15, -0.1) is 11.3 Å². The van der Waals surface area contributed by atoms with Gasteiger partial charge in [0, 0.05) is 28.5 Å². The summed E-state index contributed by atoms with van der Waals surface area (Å²) in [6.45, 7) is 0.796. The lowest BCUT2D eigenvalue weighted by molar-refractivity contribution is 0.0600. The molecule has 1 atom stereocenters. The van der Waals surface area contributed by atoms with Crippen LogP contribution in [-0.2, 0) is 11.2 Å². The summed E-state index contributed by atoms with van der Waals surface area (Å²) in [7, 11) is 1.39. The topological polar surface area (TPSA) is 64.1 Å². The standard InChI is InChI=1S/C27H23N3O2S/c1-32-27(31)18-12-10-17(11-13-18)24-29-25(28-15-14-16-6-3-2-4-7-16)22-21-19-8-5-9-20(19)23(21)33-26(22)30-24/h2-4,6-8,10-13,20H,5,9,14-15H2,1H3,(H,28,29,30). The number of rotatable bonds is 6. The van der Waals surface area contributed by atoms with Crippen LogP contribution in [0.25, 0.3) is 27.2 Å². The minimum atomic E-state index is -0.348. The molecule has 6 heteroatoms. The van der Waals surface area contributed by atoms with E-state index in [1.54, 1.807) is 23.5 Å². The van der Waals surface area contributed by atoms with Crippen molar-refractivity contribution >= 4 is 38.9 Å². The monoisotopic (exact) mass is 453 g/mol. The highest BCUT2D eigenvalue weighted by atomic mass is 32.1. The molecule has 0 spiro atoms. The Morgan fingerprint density at radius 3 is 2.73 bits per heavy atom. The summed E-state index contributed by atoms with van der Waals surface area (Å²) in [6.07, 6.45) is 5.67. The van der Waals surface area contributed by atoms with Gasteiger partial charge in [-0.3, -0.25) is 0 Å². The number of benzene rings is 2. The number of allylic oxidation sites excluding steroid dienone is 2. The third-order valence-corrected chi connectivity index (χ3v) is 7.69. The molecule has 0 fully saturated rings. The highest BCUT2D eigenvalue weighted by molar-refractivity contribution is 7.19. The molecular formula is C27H23N3O2S. The Labute approximate surface area is 196 Å². The summed E-state index contributed by atoms with van der Waals surface area (Å²) in [6, 6.07) is 17.8. The van der Waals surface area contributed by atoms with Crippen LogP contribution in [-0.4, -0.2) is 29.6 Å². The van der Waals surface area contributed by atoms with Crippen LogP contribution in [0.15, 0.2) is 60.7 Å². The Kier molecular flexibility index (Phi) is 4.95. The minimum Gasteiger partial charge on any atom is -0.465 e. The summed E-state index contributed by atoms with van der Waals surface area (Å²) < 4.78 is 4.81. The van der Waals surface area contributed by atoms with Gasteiger partial charge in [-0.25, -0.2) is 14.8 Å². The lowest BCUT2D eigenvalue weighted by Gasteiger charge is -2.26. The summed E-state index contributed by atoms with van der Waals surface area (Å²) in [4.78, 5) is 24.2. The quantitative estimate of drug-likeness (QED) is 0.359. The lowest BCUT2D eigenvalue weighted by atomic mass is 9.80. The fraction of sp³-hybridized carbons (Fsp3) is 0.222. The molecule has 1 unspecified atom stereocenters. The minimum absolute atomic E-state index is 0.348. The van der Waals surface area contributed by atoms with E-state index < -0.39 is 0 Å². The van der Waals surface area contributed by atoms with E-state index in [9.17, 15) is 4.79 Å². The molecule has 5 nitrogen and oxygen atoms in total. The number of carbonyl (C=O) groups is 1. The SMILES string of the molecule is COC(=O)c1ccc(-c2nc(NCCc3ccccc3)c3c4c(sc3n2)C2CCC=C42)cc1. The first-order chi connectivity index (χ1) is 16.2. The number of hydrogen-bond acceptors (Lipinski definition) is 6. The van der Waals surface area contributed by atoms with Gasteiger partial charge in [0.15, 0.2) is 5.82 Å². The van der Waals surface area contributed by atoms with Crippen molar-refractivity contribution in [1.29, 1.82) is 0 Å². The smallest absolute Gasteiger partial charge is 0.337 e. The van der Waals surface area contributed by atoms with Crippen molar-refractivity contribution in [1.82, 2.24) is 9.97 Å². The molecule has 0 saturated heterocycles. The number of hydrogen-bond donors (Lipinski definition) is 1. The van der Waals surface area contributed by atoms with Gasteiger partial charge in [-0.2, -0.15) is 0 Å². The number of fused-ring (bicyclic) bond motifs is 6. The number of ether oxygens (including phenoxy) is 1. The fourth-order valence-corrected chi connectivity index (χ4v) is 6.17. The molecule has 0 radical (unpaired) electrons. The molecule has 2 aromatic heterocycles. The highest BCUT2D eigenvalue weighted by Gasteiger charge is 2.39. The second-order valence-corrected chi connectivity index (χ2v) is 9.47. The van der Waals surface area contributed by atoms with E-state index in [2.05, 4.69) is 35.7 Å². The maximum absolute atomic E-state index is 11.8. The summed E-state index contributed by atoms with van der Waals surface area (Å²) in [5.74, 6) is 1.80. The number of nitrogens with zero attached hydrogens (tertiary/aromatic N) is 2. The van der Waals surface area contributed by atoms with Crippen LogP contribution >= 0.6 is 11.3 Å². The Bertz CT molecular complexity index is 1390. The largest absolute Gasteiger partial charge is 0.465 e. The van der Waals surface area contributed by atoms with Crippen LogP contribution in [0, 0.1) is 0 Å². The van der Waals surface area contributed by atoms with E-state index >= 15 is 0 Å². The average Bonchev–Trinajstić information content (AvgIpc) is 3.42. The Morgan fingerprint density at radius 2 is 1.94 bits per heavy atom. The van der Waals surface area contributed by atoms with Crippen molar-refractivity contribution in [2.45, 2.75) is 25.2 Å². The molecule has 0 amide bonds. The Morgan fingerprint density at radius 1 is 1.12 bits per heavy atom. The average molecular weight is 454 g/mol. The second kappa shape index (κ2) is 8.12. The molecule has 2 heterocycles. The van der Waals surface area contributed by atoms with E-state index in [-0.39, 0.29) is 5.97 Å². The van der Waals surface area contributed by atoms with E-state index in [1.807, 2.05) is 18.2 Å². The molecule has 2 aliphatic carbocycles. The summed E-state index contributed by atoms with van der Waals surface area (Å²) >= 11 is 1.80. The number of carbonyl (C=O) groups excluding carboxylic acids is 1. The molecule has 0 aliphatic heterocycles. The van der Waals surface area contributed by atoms with Crippen LogP contribution < -0.4 is 5.32 Å². The zero-order valence-corrected chi connectivity index (χ0v) is 19.1. The van der Waals surface area contributed by atoms with E-state index in [0.717, 1.165) is 41.0 Å². The fourth-order valence-electron chi connectivity index (χ4n) is 4.82. The van der Waals surface area contributed by atoms with Crippen molar-refractivity contribution in [3.8, 4) is 11.4 Å². The number of esters is 1. The number of thiophene rings is 1. The van der Waals surface area contributed by atoms with Gasteiger partial charge in [-0.1, -0.05) is 48.5 Å². The number of anilines is 1. The normalized spacial score (nSPS) is 16.0. The summed E-state index contributed by atoms with van der Waals surface area (Å²) in [5.41, 5.74) is 5.52. The molecule has 4 aromatic rings. The molecule has 33 heavy (non-hydrogen) atoms. The summed E-state index contributed by atoms with van der Waals surface area (Å²) in [5, 5.41) is 4.76. The van der Waals surface area contributed by atoms with Crippen LogP contribution in [0.1, 0.15) is 45.1 Å². The van der Waals surface area contributed by atoms with Crippen molar-refractivity contribution in [3.63, 3.8) is 0 Å². The number of aromatic nitrogens is 2. The molecular weight excluding hydrogens is 430 g/mol. The second-order valence-electron chi connectivity index (χ2n) is 8.44. The molecule has 164 valence electrons. The predicted molar refractivity (Wildman–Crippen MR) is 133 cm³/mol. The number of methoxy groups -OCH3 is 1. The zero-order chi connectivity index (χ0) is 22.4. The molecule has 2 aromatic carbocycles. The molecule has 0 saturated carbocycles. The number of nitrogens with one attached hydrogen (secondary N) is 1. The molecule has 1 N–H and O–H groups in total. The van der Waals surface area contributed by atoms with Gasteiger partial charge in [-0.05, 0) is 42.5 Å². The van der Waals surface area contributed by atoms with E-state index in [1.165, 1.54) is 35.1 Å². The van der Waals surface area contributed by atoms with Gasteiger partial charge in [0.1, 0.15) is 10.6 Å². The van der Waals surface area contributed by atoms with E-state index in [4.69, 9.17) is 14.7 Å². The third-order valence-electron chi connectivity index (χ3n) is 6.49. The Balaban J connectivity index is 1.38. The first kappa shape index (κ1) is 20.1. The lowest BCUT2D eigenvalue weighted by Crippen LogP contribution is -2.11. The maximum atomic E-state index is 11.8. The molecule has 2 aliphatic rings. The van der Waals surface area contributed by atoms with Gasteiger partial charge >= 0.3 is 5.97 Å².